The van der Waals surface area contributed by atoms with Crippen LogP contribution in [0.2, 0.25) is 0 Å². The Kier molecular flexibility index (Phi) is 4.01. The van der Waals surface area contributed by atoms with Crippen molar-refractivity contribution in [1.29, 1.82) is 0 Å². The van der Waals surface area contributed by atoms with Crippen LogP contribution < -0.4 is 14.8 Å². The number of aromatic nitrogens is 2. The van der Waals surface area contributed by atoms with Crippen molar-refractivity contribution in [3.63, 3.8) is 0 Å². The molecule has 0 radical (unpaired) electrons. The third-order valence-corrected chi connectivity index (χ3v) is 3.49. The van der Waals surface area contributed by atoms with Gasteiger partial charge >= 0.3 is 6.01 Å². The maximum absolute atomic E-state index is 5.65. The fourth-order valence-electron chi connectivity index (χ4n) is 1.98. The second kappa shape index (κ2) is 6.10. The molecule has 1 N–H and O–H groups in total. The van der Waals surface area contributed by atoms with Gasteiger partial charge in [0.05, 0.1) is 7.11 Å². The maximum atomic E-state index is 5.65. The van der Waals surface area contributed by atoms with Crippen LogP contribution in [0, 0.1) is 6.92 Å². The van der Waals surface area contributed by atoms with E-state index in [9.17, 15) is 0 Å². The molecule has 1 heterocycles. The van der Waals surface area contributed by atoms with E-state index in [0.717, 1.165) is 23.6 Å². The van der Waals surface area contributed by atoms with E-state index >= 15 is 0 Å². The summed E-state index contributed by atoms with van der Waals surface area (Å²) in [4.78, 5) is 8.68. The SMILES string of the molecule is COc1ccc(Oc2ncc(CNC3CC3)c(C)n2)cc1. The zero-order valence-electron chi connectivity index (χ0n) is 12.3. The number of rotatable bonds is 6. The van der Waals surface area contributed by atoms with Crippen LogP contribution in [0.3, 0.4) is 0 Å². The van der Waals surface area contributed by atoms with E-state index in [4.69, 9.17) is 9.47 Å². The fourth-order valence-corrected chi connectivity index (χ4v) is 1.98. The van der Waals surface area contributed by atoms with E-state index < -0.39 is 0 Å². The Hall–Kier alpha value is -2.14. The first-order valence-corrected chi connectivity index (χ1v) is 7.12. The molecule has 1 saturated carbocycles. The van der Waals surface area contributed by atoms with E-state index in [1.165, 1.54) is 12.8 Å². The van der Waals surface area contributed by atoms with Gasteiger partial charge < -0.3 is 14.8 Å². The second-order valence-corrected chi connectivity index (χ2v) is 5.20. The summed E-state index contributed by atoms with van der Waals surface area (Å²) in [6.07, 6.45) is 4.38. The minimum Gasteiger partial charge on any atom is -0.497 e. The lowest BCUT2D eigenvalue weighted by molar-refractivity contribution is 0.410. The van der Waals surface area contributed by atoms with Crippen molar-refractivity contribution in [2.75, 3.05) is 7.11 Å². The van der Waals surface area contributed by atoms with Gasteiger partial charge in [0.15, 0.2) is 0 Å². The Labute approximate surface area is 124 Å². The molecule has 0 unspecified atom stereocenters. The molecule has 1 aliphatic carbocycles. The van der Waals surface area contributed by atoms with Crippen LogP contribution in [-0.4, -0.2) is 23.1 Å². The van der Waals surface area contributed by atoms with Crippen LogP contribution in [0.1, 0.15) is 24.1 Å². The third-order valence-electron chi connectivity index (χ3n) is 3.49. The lowest BCUT2D eigenvalue weighted by Crippen LogP contribution is -2.16. The molecule has 0 spiro atoms. The first-order chi connectivity index (χ1) is 10.2. The van der Waals surface area contributed by atoms with E-state index in [1.54, 1.807) is 7.11 Å². The lowest BCUT2D eigenvalue weighted by Gasteiger charge is -2.09. The van der Waals surface area contributed by atoms with E-state index in [1.807, 2.05) is 37.4 Å². The minimum atomic E-state index is 0.368. The van der Waals surface area contributed by atoms with Crippen LogP contribution in [0.15, 0.2) is 30.5 Å². The highest BCUT2D eigenvalue weighted by atomic mass is 16.5. The predicted molar refractivity (Wildman–Crippen MR) is 79.7 cm³/mol. The largest absolute Gasteiger partial charge is 0.497 e. The van der Waals surface area contributed by atoms with Crippen molar-refractivity contribution >= 4 is 0 Å². The van der Waals surface area contributed by atoms with Gasteiger partial charge in [-0.3, -0.25) is 0 Å². The highest BCUT2D eigenvalue weighted by Crippen LogP contribution is 2.22. The molecule has 110 valence electrons. The van der Waals surface area contributed by atoms with Crippen molar-refractivity contribution in [2.24, 2.45) is 0 Å². The standard InChI is InChI=1S/C16H19N3O2/c1-11-12(9-17-13-3-4-13)10-18-16(19-11)21-15-7-5-14(20-2)6-8-15/h5-8,10,13,17H,3-4,9H2,1-2H3. The van der Waals surface area contributed by atoms with E-state index in [0.29, 0.717) is 17.8 Å². The van der Waals surface area contributed by atoms with Gasteiger partial charge in [-0.15, -0.1) is 0 Å². The highest BCUT2D eigenvalue weighted by molar-refractivity contribution is 5.32. The first-order valence-electron chi connectivity index (χ1n) is 7.12. The molecule has 3 rings (SSSR count). The molecule has 1 fully saturated rings. The molecule has 0 atom stereocenters. The monoisotopic (exact) mass is 285 g/mol. The quantitative estimate of drug-likeness (QED) is 0.884. The summed E-state index contributed by atoms with van der Waals surface area (Å²) in [6.45, 7) is 2.80. The smallest absolute Gasteiger partial charge is 0.322 e. The van der Waals surface area contributed by atoms with Crippen LogP contribution in [0.4, 0.5) is 0 Å². The molecule has 5 heteroatoms. The van der Waals surface area contributed by atoms with Gasteiger partial charge in [0, 0.05) is 30.0 Å². The average molecular weight is 285 g/mol. The highest BCUT2D eigenvalue weighted by Gasteiger charge is 2.20. The van der Waals surface area contributed by atoms with Gasteiger partial charge in [-0.05, 0) is 44.0 Å². The second-order valence-electron chi connectivity index (χ2n) is 5.20. The number of nitrogens with zero attached hydrogens (tertiary/aromatic N) is 2. The lowest BCUT2D eigenvalue weighted by atomic mass is 10.2. The number of ether oxygens (including phenoxy) is 2. The zero-order chi connectivity index (χ0) is 14.7. The molecule has 0 saturated heterocycles. The molecular formula is C16H19N3O2. The first kappa shape index (κ1) is 13.8. The number of hydrogen-bond acceptors (Lipinski definition) is 5. The zero-order valence-corrected chi connectivity index (χ0v) is 12.3. The van der Waals surface area contributed by atoms with Gasteiger partial charge in [-0.2, -0.15) is 4.98 Å². The summed E-state index contributed by atoms with van der Waals surface area (Å²) in [5, 5.41) is 3.46. The van der Waals surface area contributed by atoms with Gasteiger partial charge in [0.25, 0.3) is 0 Å². The Morgan fingerprint density at radius 2 is 1.90 bits per heavy atom. The molecule has 1 aliphatic rings. The Morgan fingerprint density at radius 1 is 1.19 bits per heavy atom. The molecule has 0 amide bonds. The van der Waals surface area contributed by atoms with Crippen LogP contribution in [0.25, 0.3) is 0 Å². The van der Waals surface area contributed by atoms with Crippen LogP contribution in [-0.2, 0) is 6.54 Å². The Morgan fingerprint density at radius 3 is 2.52 bits per heavy atom. The summed E-state index contributed by atoms with van der Waals surface area (Å²) >= 11 is 0. The maximum Gasteiger partial charge on any atom is 0.322 e. The molecule has 0 bridgehead atoms. The topological polar surface area (TPSA) is 56.3 Å². The summed E-state index contributed by atoms with van der Waals surface area (Å²) in [7, 11) is 1.64. The minimum absolute atomic E-state index is 0.368. The number of nitrogens with one attached hydrogen (secondary N) is 1. The summed E-state index contributed by atoms with van der Waals surface area (Å²) in [6, 6.07) is 8.40. The number of benzene rings is 1. The summed E-state index contributed by atoms with van der Waals surface area (Å²) < 4.78 is 10.8. The molecule has 0 aliphatic heterocycles. The summed E-state index contributed by atoms with van der Waals surface area (Å²) in [5.74, 6) is 1.49. The Bertz CT molecular complexity index is 609. The van der Waals surface area contributed by atoms with Crippen molar-refractivity contribution in [2.45, 2.75) is 32.4 Å². The van der Waals surface area contributed by atoms with Crippen molar-refractivity contribution in [3.8, 4) is 17.5 Å². The molecule has 1 aromatic heterocycles. The summed E-state index contributed by atoms with van der Waals surface area (Å²) in [5.41, 5.74) is 2.06. The van der Waals surface area contributed by atoms with Crippen molar-refractivity contribution in [1.82, 2.24) is 15.3 Å². The Balaban J connectivity index is 1.65. The van der Waals surface area contributed by atoms with Gasteiger partial charge in [0.1, 0.15) is 11.5 Å². The van der Waals surface area contributed by atoms with E-state index in [2.05, 4.69) is 15.3 Å². The number of aryl methyl sites for hydroxylation is 1. The predicted octanol–water partition coefficient (Wildman–Crippen LogP) is 2.84. The number of hydrogen-bond donors (Lipinski definition) is 1. The fraction of sp³-hybridized carbons (Fsp3) is 0.375. The molecule has 2 aromatic rings. The third kappa shape index (κ3) is 3.70. The van der Waals surface area contributed by atoms with Crippen LogP contribution in [0.5, 0.6) is 17.5 Å². The molecule has 21 heavy (non-hydrogen) atoms. The van der Waals surface area contributed by atoms with Gasteiger partial charge in [-0.25, -0.2) is 4.98 Å². The number of methoxy groups -OCH3 is 1. The van der Waals surface area contributed by atoms with E-state index in [-0.39, 0.29) is 0 Å². The van der Waals surface area contributed by atoms with Crippen molar-refractivity contribution < 1.29 is 9.47 Å². The van der Waals surface area contributed by atoms with Crippen LogP contribution >= 0.6 is 0 Å². The molecule has 5 nitrogen and oxygen atoms in total. The molecule has 1 aromatic carbocycles. The van der Waals surface area contributed by atoms with Crippen molar-refractivity contribution in [3.05, 3.63) is 41.7 Å². The molecular weight excluding hydrogens is 266 g/mol. The van der Waals surface area contributed by atoms with Gasteiger partial charge in [0.2, 0.25) is 0 Å². The average Bonchev–Trinajstić information content (AvgIpc) is 3.31. The normalized spacial score (nSPS) is 14.0. The van der Waals surface area contributed by atoms with Gasteiger partial charge in [-0.1, -0.05) is 0 Å².